The van der Waals surface area contributed by atoms with E-state index in [1.807, 2.05) is 6.20 Å². The Morgan fingerprint density at radius 1 is 1.10 bits per heavy atom. The van der Waals surface area contributed by atoms with Crippen molar-refractivity contribution >= 4 is 5.95 Å². The van der Waals surface area contributed by atoms with E-state index in [-0.39, 0.29) is 11.9 Å². The molecule has 9 heteroatoms. The molecule has 1 aromatic carbocycles. The SMILES string of the molecule is COCCn1cc(-c2nc([C@@H](c3ccc(-c4cnc(N)nc4)cc3)C3CC3)no2)cn1. The number of methoxy groups -OCH3 is 1. The summed E-state index contributed by atoms with van der Waals surface area (Å²) in [5.41, 5.74) is 9.53. The van der Waals surface area contributed by atoms with Crippen LogP contribution >= 0.6 is 0 Å². The first-order valence-electron chi connectivity index (χ1n) is 10.2. The lowest BCUT2D eigenvalue weighted by Crippen LogP contribution is -2.05. The molecule has 3 heterocycles. The first-order chi connectivity index (χ1) is 15.2. The monoisotopic (exact) mass is 417 g/mol. The molecule has 0 aliphatic heterocycles. The number of rotatable bonds is 8. The van der Waals surface area contributed by atoms with Gasteiger partial charge in [0.15, 0.2) is 5.82 Å². The quantitative estimate of drug-likeness (QED) is 0.464. The van der Waals surface area contributed by atoms with Crippen LogP contribution in [0.1, 0.15) is 30.1 Å². The van der Waals surface area contributed by atoms with E-state index in [4.69, 9.17) is 20.0 Å². The smallest absolute Gasteiger partial charge is 0.261 e. The molecule has 0 radical (unpaired) electrons. The van der Waals surface area contributed by atoms with E-state index in [0.717, 1.165) is 29.5 Å². The van der Waals surface area contributed by atoms with Crippen LogP contribution < -0.4 is 5.73 Å². The molecule has 0 amide bonds. The summed E-state index contributed by atoms with van der Waals surface area (Å²) >= 11 is 0. The number of nitrogen functional groups attached to an aromatic ring is 1. The Labute approximate surface area is 179 Å². The molecule has 3 aromatic heterocycles. The Morgan fingerprint density at radius 2 is 1.87 bits per heavy atom. The number of hydrogen-bond donors (Lipinski definition) is 1. The van der Waals surface area contributed by atoms with Crippen LogP contribution in [0.5, 0.6) is 0 Å². The first kappa shape index (κ1) is 19.4. The Hall–Kier alpha value is -3.59. The highest BCUT2D eigenvalue weighted by molar-refractivity contribution is 5.62. The number of nitrogens with two attached hydrogens (primary N) is 1. The van der Waals surface area contributed by atoms with Gasteiger partial charge in [0, 0.05) is 31.3 Å². The van der Waals surface area contributed by atoms with E-state index >= 15 is 0 Å². The standard InChI is InChI=1S/C22H23N7O2/c1-30-9-8-29-13-18(12-26-29)21-27-20(28-31-21)19(16-6-7-16)15-4-2-14(3-5-15)17-10-24-22(23)25-11-17/h2-5,10-13,16,19H,6-9H2,1H3,(H2,23,24,25)/t19-/m0/s1. The summed E-state index contributed by atoms with van der Waals surface area (Å²) in [7, 11) is 1.67. The number of hydrogen-bond acceptors (Lipinski definition) is 8. The van der Waals surface area contributed by atoms with Crippen LogP contribution in [0, 0.1) is 5.92 Å². The minimum Gasteiger partial charge on any atom is -0.383 e. The Kier molecular flexibility index (Phi) is 5.17. The summed E-state index contributed by atoms with van der Waals surface area (Å²) in [4.78, 5) is 12.8. The summed E-state index contributed by atoms with van der Waals surface area (Å²) in [6.45, 7) is 1.27. The van der Waals surface area contributed by atoms with Crippen molar-refractivity contribution in [1.29, 1.82) is 0 Å². The van der Waals surface area contributed by atoms with Crippen molar-refractivity contribution in [2.24, 2.45) is 5.92 Å². The van der Waals surface area contributed by atoms with E-state index in [9.17, 15) is 0 Å². The molecule has 1 saturated carbocycles. The second-order valence-corrected chi connectivity index (χ2v) is 7.71. The predicted molar refractivity (Wildman–Crippen MR) is 114 cm³/mol. The maximum Gasteiger partial charge on any atom is 0.261 e. The zero-order valence-electron chi connectivity index (χ0n) is 17.2. The predicted octanol–water partition coefficient (Wildman–Crippen LogP) is 3.16. The lowest BCUT2D eigenvalue weighted by molar-refractivity contribution is 0.183. The van der Waals surface area contributed by atoms with E-state index < -0.39 is 0 Å². The zero-order valence-corrected chi connectivity index (χ0v) is 17.2. The molecule has 1 fully saturated rings. The van der Waals surface area contributed by atoms with Gasteiger partial charge < -0.3 is 15.0 Å². The fourth-order valence-corrected chi connectivity index (χ4v) is 3.69. The van der Waals surface area contributed by atoms with Crippen molar-refractivity contribution in [3.63, 3.8) is 0 Å². The van der Waals surface area contributed by atoms with Crippen molar-refractivity contribution in [2.45, 2.75) is 25.3 Å². The molecule has 0 saturated heterocycles. The fraction of sp³-hybridized carbons (Fsp3) is 0.318. The van der Waals surface area contributed by atoms with Gasteiger partial charge in [-0.1, -0.05) is 29.4 Å². The van der Waals surface area contributed by atoms with Crippen LogP contribution in [-0.4, -0.2) is 43.6 Å². The lowest BCUT2D eigenvalue weighted by Gasteiger charge is -2.13. The molecule has 158 valence electrons. The van der Waals surface area contributed by atoms with Crippen LogP contribution in [0.25, 0.3) is 22.6 Å². The van der Waals surface area contributed by atoms with Crippen LogP contribution in [0.4, 0.5) is 5.95 Å². The molecule has 1 aliphatic carbocycles. The minimum absolute atomic E-state index is 0.109. The van der Waals surface area contributed by atoms with Gasteiger partial charge in [-0.3, -0.25) is 4.68 Å². The van der Waals surface area contributed by atoms with Crippen molar-refractivity contribution in [2.75, 3.05) is 19.5 Å². The van der Waals surface area contributed by atoms with Gasteiger partial charge in [-0.25, -0.2) is 9.97 Å². The molecule has 1 atom stereocenters. The van der Waals surface area contributed by atoms with Crippen molar-refractivity contribution in [3.05, 3.63) is 60.4 Å². The maximum atomic E-state index is 5.58. The normalized spacial score (nSPS) is 14.6. The van der Waals surface area contributed by atoms with Crippen LogP contribution in [0.2, 0.25) is 0 Å². The Morgan fingerprint density at radius 3 is 2.58 bits per heavy atom. The van der Waals surface area contributed by atoms with E-state index in [2.05, 4.69) is 44.5 Å². The average Bonchev–Trinajstić information content (AvgIpc) is 3.31. The number of aromatic nitrogens is 6. The number of benzene rings is 1. The summed E-state index contributed by atoms with van der Waals surface area (Å²) in [5, 5.41) is 8.64. The third kappa shape index (κ3) is 4.17. The Balaban J connectivity index is 1.38. The molecular weight excluding hydrogens is 394 g/mol. The zero-order chi connectivity index (χ0) is 21.2. The highest BCUT2D eigenvalue weighted by atomic mass is 16.5. The third-order valence-corrected chi connectivity index (χ3v) is 5.49. The largest absolute Gasteiger partial charge is 0.383 e. The van der Waals surface area contributed by atoms with E-state index in [1.54, 1.807) is 30.4 Å². The third-order valence-electron chi connectivity index (χ3n) is 5.49. The molecule has 2 N–H and O–H groups in total. The molecule has 9 nitrogen and oxygen atoms in total. The van der Waals surface area contributed by atoms with Gasteiger partial charge in [0.05, 0.1) is 30.8 Å². The van der Waals surface area contributed by atoms with Gasteiger partial charge in [-0.05, 0) is 29.9 Å². The number of ether oxygens (including phenoxy) is 1. The molecule has 31 heavy (non-hydrogen) atoms. The molecule has 4 aromatic rings. The molecule has 0 bridgehead atoms. The number of anilines is 1. The first-order valence-corrected chi connectivity index (χ1v) is 10.2. The van der Waals surface area contributed by atoms with Crippen molar-refractivity contribution < 1.29 is 9.26 Å². The summed E-state index contributed by atoms with van der Waals surface area (Å²) in [6.07, 6.45) is 9.42. The second-order valence-electron chi connectivity index (χ2n) is 7.71. The molecular formula is C22H23N7O2. The molecule has 5 rings (SSSR count). The maximum absolute atomic E-state index is 5.58. The van der Waals surface area contributed by atoms with Gasteiger partial charge in [0.2, 0.25) is 5.95 Å². The van der Waals surface area contributed by atoms with Crippen molar-refractivity contribution in [3.8, 4) is 22.6 Å². The van der Waals surface area contributed by atoms with E-state index in [1.165, 1.54) is 5.56 Å². The summed E-state index contributed by atoms with van der Waals surface area (Å²) < 4.78 is 12.5. The van der Waals surface area contributed by atoms with Gasteiger partial charge >= 0.3 is 0 Å². The lowest BCUT2D eigenvalue weighted by atomic mass is 9.92. The minimum atomic E-state index is 0.109. The highest BCUT2D eigenvalue weighted by Gasteiger charge is 2.36. The summed E-state index contributed by atoms with van der Waals surface area (Å²) in [5.74, 6) is 2.11. The average molecular weight is 417 g/mol. The second kappa shape index (κ2) is 8.27. The van der Waals surface area contributed by atoms with Gasteiger partial charge in [-0.2, -0.15) is 10.1 Å². The molecule has 0 unspecified atom stereocenters. The van der Waals surface area contributed by atoms with Gasteiger partial charge in [0.1, 0.15) is 0 Å². The molecule has 1 aliphatic rings. The van der Waals surface area contributed by atoms with Crippen LogP contribution in [0.3, 0.4) is 0 Å². The van der Waals surface area contributed by atoms with Gasteiger partial charge in [0.25, 0.3) is 5.89 Å². The van der Waals surface area contributed by atoms with Crippen molar-refractivity contribution in [1.82, 2.24) is 29.9 Å². The number of nitrogens with zero attached hydrogens (tertiary/aromatic N) is 6. The van der Waals surface area contributed by atoms with Gasteiger partial charge in [-0.15, -0.1) is 0 Å². The Bertz CT molecular complexity index is 1150. The summed E-state index contributed by atoms with van der Waals surface area (Å²) in [6, 6.07) is 8.38. The molecule has 0 spiro atoms. The van der Waals surface area contributed by atoms with Crippen LogP contribution in [-0.2, 0) is 11.3 Å². The fourth-order valence-electron chi connectivity index (χ4n) is 3.69. The van der Waals surface area contributed by atoms with Crippen LogP contribution in [0.15, 0.2) is 53.6 Å². The highest BCUT2D eigenvalue weighted by Crippen LogP contribution is 2.46. The topological polar surface area (TPSA) is 118 Å². The van der Waals surface area contributed by atoms with E-state index in [0.29, 0.717) is 30.8 Å².